The van der Waals surface area contributed by atoms with Crippen molar-refractivity contribution in [3.8, 4) is 17.2 Å². The van der Waals surface area contributed by atoms with Crippen LogP contribution in [0.25, 0.3) is 6.08 Å². The molecule has 0 N–H and O–H groups in total. The first kappa shape index (κ1) is 16.6. The van der Waals surface area contributed by atoms with E-state index in [-0.39, 0.29) is 5.78 Å². The zero-order valence-corrected chi connectivity index (χ0v) is 13.5. The maximum absolute atomic E-state index is 12.4. The van der Waals surface area contributed by atoms with Gasteiger partial charge >= 0.3 is 0 Å². The molecule has 0 spiro atoms. The standard InChI is InChI=1S/C19H20O4/c1-4-23-18-8-6-5-7-14(18)9-12-17(20)16-11-10-15(21-2)13-19(16)22-3/h5-13H,4H2,1-3H3. The van der Waals surface area contributed by atoms with Crippen LogP contribution in [0, 0.1) is 0 Å². The van der Waals surface area contributed by atoms with Crippen LogP contribution in [0.4, 0.5) is 0 Å². The fourth-order valence-corrected chi connectivity index (χ4v) is 2.16. The first-order valence-corrected chi connectivity index (χ1v) is 7.35. The zero-order valence-electron chi connectivity index (χ0n) is 13.5. The number of benzene rings is 2. The number of para-hydroxylation sites is 1. The number of methoxy groups -OCH3 is 2. The van der Waals surface area contributed by atoms with E-state index in [4.69, 9.17) is 14.2 Å². The maximum atomic E-state index is 12.4. The molecule has 4 nitrogen and oxygen atoms in total. The highest BCUT2D eigenvalue weighted by Crippen LogP contribution is 2.26. The lowest BCUT2D eigenvalue weighted by atomic mass is 10.1. The third kappa shape index (κ3) is 4.13. The Balaban J connectivity index is 2.25. The number of allylic oxidation sites excluding steroid dienone is 1. The Kier molecular flexibility index (Phi) is 5.80. The monoisotopic (exact) mass is 312 g/mol. The molecule has 2 rings (SSSR count). The molecule has 0 aromatic heterocycles. The summed E-state index contributed by atoms with van der Waals surface area (Å²) in [6.45, 7) is 2.50. The molecular weight excluding hydrogens is 292 g/mol. The summed E-state index contributed by atoms with van der Waals surface area (Å²) in [4.78, 5) is 12.4. The van der Waals surface area contributed by atoms with Crippen molar-refractivity contribution in [2.75, 3.05) is 20.8 Å². The minimum absolute atomic E-state index is 0.143. The van der Waals surface area contributed by atoms with Gasteiger partial charge in [0, 0.05) is 11.6 Å². The van der Waals surface area contributed by atoms with Gasteiger partial charge in [0.15, 0.2) is 5.78 Å². The molecule has 0 atom stereocenters. The van der Waals surface area contributed by atoms with Gasteiger partial charge in [0.1, 0.15) is 17.2 Å². The molecule has 0 aliphatic rings. The van der Waals surface area contributed by atoms with Crippen LogP contribution in [-0.4, -0.2) is 26.6 Å². The lowest BCUT2D eigenvalue weighted by Gasteiger charge is -2.08. The van der Waals surface area contributed by atoms with E-state index in [0.29, 0.717) is 23.7 Å². The van der Waals surface area contributed by atoms with Crippen LogP contribution in [0.15, 0.2) is 48.5 Å². The van der Waals surface area contributed by atoms with Gasteiger partial charge in [-0.05, 0) is 37.3 Å². The number of ketones is 1. The van der Waals surface area contributed by atoms with Gasteiger partial charge in [-0.3, -0.25) is 4.79 Å². The van der Waals surface area contributed by atoms with Crippen LogP contribution in [0.5, 0.6) is 17.2 Å². The van der Waals surface area contributed by atoms with Crippen LogP contribution < -0.4 is 14.2 Å². The molecule has 2 aromatic carbocycles. The van der Waals surface area contributed by atoms with Crippen molar-refractivity contribution in [1.82, 2.24) is 0 Å². The van der Waals surface area contributed by atoms with Gasteiger partial charge in [-0.25, -0.2) is 0 Å². The molecule has 0 saturated heterocycles. The zero-order chi connectivity index (χ0) is 16.7. The topological polar surface area (TPSA) is 44.8 Å². The van der Waals surface area contributed by atoms with E-state index in [1.165, 1.54) is 13.2 Å². The third-order valence-electron chi connectivity index (χ3n) is 3.31. The SMILES string of the molecule is CCOc1ccccc1C=CC(=O)c1ccc(OC)cc1OC. The van der Waals surface area contributed by atoms with Crippen LogP contribution in [0.2, 0.25) is 0 Å². The van der Waals surface area contributed by atoms with E-state index in [2.05, 4.69) is 0 Å². The molecule has 0 unspecified atom stereocenters. The summed E-state index contributed by atoms with van der Waals surface area (Å²) in [6.07, 6.45) is 3.26. The lowest BCUT2D eigenvalue weighted by Crippen LogP contribution is -2.00. The normalized spacial score (nSPS) is 10.6. The van der Waals surface area contributed by atoms with Crippen molar-refractivity contribution in [3.63, 3.8) is 0 Å². The molecule has 120 valence electrons. The Morgan fingerprint density at radius 3 is 2.52 bits per heavy atom. The number of carbonyl (C=O) groups is 1. The van der Waals surface area contributed by atoms with E-state index < -0.39 is 0 Å². The van der Waals surface area contributed by atoms with Gasteiger partial charge in [0.25, 0.3) is 0 Å². The minimum atomic E-state index is -0.143. The minimum Gasteiger partial charge on any atom is -0.497 e. The summed E-state index contributed by atoms with van der Waals surface area (Å²) >= 11 is 0. The molecule has 0 saturated carbocycles. The molecule has 0 radical (unpaired) electrons. The second-order valence-electron chi connectivity index (χ2n) is 4.73. The molecule has 0 aliphatic carbocycles. The number of rotatable bonds is 7. The Morgan fingerprint density at radius 2 is 1.83 bits per heavy atom. The second-order valence-corrected chi connectivity index (χ2v) is 4.73. The summed E-state index contributed by atoms with van der Waals surface area (Å²) in [7, 11) is 3.10. The molecular formula is C19H20O4. The molecule has 0 aliphatic heterocycles. The fraction of sp³-hybridized carbons (Fsp3) is 0.211. The van der Waals surface area contributed by atoms with Gasteiger partial charge in [-0.15, -0.1) is 0 Å². The van der Waals surface area contributed by atoms with Crippen molar-refractivity contribution in [2.24, 2.45) is 0 Å². The van der Waals surface area contributed by atoms with Gasteiger partial charge in [0.2, 0.25) is 0 Å². The van der Waals surface area contributed by atoms with Crippen molar-refractivity contribution in [1.29, 1.82) is 0 Å². The van der Waals surface area contributed by atoms with Crippen LogP contribution in [0.3, 0.4) is 0 Å². The summed E-state index contributed by atoms with van der Waals surface area (Å²) in [6, 6.07) is 12.7. The average molecular weight is 312 g/mol. The van der Waals surface area contributed by atoms with Gasteiger partial charge in [-0.2, -0.15) is 0 Å². The number of hydrogen-bond donors (Lipinski definition) is 0. The van der Waals surface area contributed by atoms with Gasteiger partial charge in [0.05, 0.1) is 26.4 Å². The second kappa shape index (κ2) is 8.03. The number of ether oxygens (including phenoxy) is 3. The van der Waals surface area contributed by atoms with Gasteiger partial charge in [-0.1, -0.05) is 18.2 Å². The number of carbonyl (C=O) groups excluding carboxylic acids is 1. The van der Waals surface area contributed by atoms with Crippen LogP contribution in [0.1, 0.15) is 22.8 Å². The highest BCUT2D eigenvalue weighted by atomic mass is 16.5. The van der Waals surface area contributed by atoms with Crippen molar-refractivity contribution in [2.45, 2.75) is 6.92 Å². The first-order valence-electron chi connectivity index (χ1n) is 7.35. The van der Waals surface area contributed by atoms with Crippen LogP contribution in [-0.2, 0) is 0 Å². The van der Waals surface area contributed by atoms with Crippen molar-refractivity contribution in [3.05, 3.63) is 59.7 Å². The first-order chi connectivity index (χ1) is 11.2. The van der Waals surface area contributed by atoms with E-state index in [9.17, 15) is 4.79 Å². The smallest absolute Gasteiger partial charge is 0.189 e. The predicted octanol–water partition coefficient (Wildman–Crippen LogP) is 4.00. The summed E-state index contributed by atoms with van der Waals surface area (Å²) < 4.78 is 15.9. The Bertz CT molecular complexity index is 704. The largest absolute Gasteiger partial charge is 0.497 e. The lowest BCUT2D eigenvalue weighted by molar-refractivity contribution is 0.104. The third-order valence-corrected chi connectivity index (χ3v) is 3.31. The molecule has 0 bridgehead atoms. The highest BCUT2D eigenvalue weighted by molar-refractivity contribution is 6.08. The van der Waals surface area contributed by atoms with Gasteiger partial charge < -0.3 is 14.2 Å². The van der Waals surface area contributed by atoms with E-state index in [1.807, 2.05) is 31.2 Å². The fourth-order valence-electron chi connectivity index (χ4n) is 2.16. The van der Waals surface area contributed by atoms with E-state index in [1.54, 1.807) is 31.4 Å². The maximum Gasteiger partial charge on any atom is 0.189 e. The molecule has 2 aromatic rings. The molecule has 4 heteroatoms. The Morgan fingerprint density at radius 1 is 1.04 bits per heavy atom. The summed E-state index contributed by atoms with van der Waals surface area (Å²) in [5.41, 5.74) is 1.34. The Labute approximate surface area is 136 Å². The molecule has 0 fully saturated rings. The van der Waals surface area contributed by atoms with Crippen LogP contribution >= 0.6 is 0 Å². The average Bonchev–Trinajstić information content (AvgIpc) is 2.60. The molecule has 23 heavy (non-hydrogen) atoms. The summed E-state index contributed by atoms with van der Waals surface area (Å²) in [5, 5.41) is 0. The molecule has 0 heterocycles. The van der Waals surface area contributed by atoms with E-state index >= 15 is 0 Å². The number of hydrogen-bond acceptors (Lipinski definition) is 4. The van der Waals surface area contributed by atoms with Crippen molar-refractivity contribution >= 4 is 11.9 Å². The Hall–Kier alpha value is -2.75. The van der Waals surface area contributed by atoms with Crippen molar-refractivity contribution < 1.29 is 19.0 Å². The summed E-state index contributed by atoms with van der Waals surface area (Å²) in [5.74, 6) is 1.73. The molecule has 0 amide bonds. The van der Waals surface area contributed by atoms with E-state index in [0.717, 1.165) is 11.3 Å². The highest BCUT2D eigenvalue weighted by Gasteiger charge is 2.11. The predicted molar refractivity (Wildman–Crippen MR) is 90.5 cm³/mol. The quantitative estimate of drug-likeness (QED) is 0.572.